The Kier molecular flexibility index (Phi) is 4.60. The van der Waals surface area contributed by atoms with Gasteiger partial charge in [-0.1, -0.05) is 26.3 Å². The van der Waals surface area contributed by atoms with Gasteiger partial charge in [0, 0.05) is 18.9 Å². The minimum absolute atomic E-state index is 0.00431. The molecule has 5 heteroatoms. The van der Waals surface area contributed by atoms with Crippen LogP contribution in [-0.2, 0) is 16.1 Å². The Morgan fingerprint density at radius 2 is 2.14 bits per heavy atom. The minimum Gasteiger partial charge on any atom is -0.342 e. The second-order valence-electron chi connectivity index (χ2n) is 5.73. The zero-order valence-electron chi connectivity index (χ0n) is 12.9. The van der Waals surface area contributed by atoms with Gasteiger partial charge in [0.1, 0.15) is 11.6 Å². The van der Waals surface area contributed by atoms with E-state index in [9.17, 15) is 9.59 Å². The van der Waals surface area contributed by atoms with E-state index in [-0.39, 0.29) is 11.8 Å². The van der Waals surface area contributed by atoms with Crippen LogP contribution in [0.4, 0.5) is 0 Å². The molecule has 0 aromatic carbocycles. The highest BCUT2D eigenvalue weighted by atomic mass is 16.2. The fourth-order valence-corrected chi connectivity index (χ4v) is 2.69. The third kappa shape index (κ3) is 2.91. The average molecular weight is 289 g/mol. The molecule has 0 radical (unpaired) electrons. The number of piperazine rings is 1. The van der Waals surface area contributed by atoms with E-state index in [4.69, 9.17) is 0 Å². The maximum atomic E-state index is 12.7. The first-order valence-corrected chi connectivity index (χ1v) is 7.54. The summed E-state index contributed by atoms with van der Waals surface area (Å²) in [5, 5.41) is 2.88. The largest absolute Gasteiger partial charge is 0.342 e. The van der Waals surface area contributed by atoms with E-state index in [1.165, 1.54) is 0 Å². The van der Waals surface area contributed by atoms with Crippen molar-refractivity contribution in [1.82, 2.24) is 15.2 Å². The van der Waals surface area contributed by atoms with Gasteiger partial charge in [-0.05, 0) is 31.4 Å². The molecule has 1 fully saturated rings. The molecule has 1 aromatic heterocycles. The molecule has 0 saturated carbocycles. The second-order valence-corrected chi connectivity index (χ2v) is 5.73. The molecular formula is C16H23N3O2. The fraction of sp³-hybridized carbons (Fsp3) is 0.562. The number of carbonyl (C=O) groups excluding carboxylic acids is 2. The Bertz CT molecular complexity index is 518. The molecule has 5 nitrogen and oxygen atoms in total. The molecule has 2 atom stereocenters. The number of nitrogens with zero attached hydrogens (tertiary/aromatic N) is 2. The lowest BCUT2D eigenvalue weighted by atomic mass is 9.89. The van der Waals surface area contributed by atoms with Gasteiger partial charge in [-0.2, -0.15) is 0 Å². The fourth-order valence-electron chi connectivity index (χ4n) is 2.69. The number of nitrogens with one attached hydrogen (secondary N) is 1. The molecule has 2 unspecified atom stereocenters. The third-order valence-electron chi connectivity index (χ3n) is 4.28. The lowest BCUT2D eigenvalue weighted by molar-refractivity contribution is -0.157. The summed E-state index contributed by atoms with van der Waals surface area (Å²) in [6.45, 7) is 6.20. The number of rotatable bonds is 5. The molecule has 2 amide bonds. The summed E-state index contributed by atoms with van der Waals surface area (Å²) in [7, 11) is 0. The Morgan fingerprint density at radius 1 is 1.38 bits per heavy atom. The Labute approximate surface area is 125 Å². The average Bonchev–Trinajstić information content (AvgIpc) is 2.50. The molecule has 2 rings (SSSR count). The summed E-state index contributed by atoms with van der Waals surface area (Å²) in [6, 6.07) is 3.37. The van der Waals surface area contributed by atoms with Crippen LogP contribution in [0.5, 0.6) is 0 Å². The molecule has 0 spiro atoms. The van der Waals surface area contributed by atoms with Crippen LogP contribution in [-0.4, -0.2) is 33.3 Å². The first kappa shape index (κ1) is 15.5. The van der Waals surface area contributed by atoms with Gasteiger partial charge in [-0.25, -0.2) is 0 Å². The first-order chi connectivity index (χ1) is 10.0. The molecule has 1 aliphatic heterocycles. The smallest absolute Gasteiger partial charge is 0.246 e. The molecular weight excluding hydrogens is 266 g/mol. The van der Waals surface area contributed by atoms with Crippen molar-refractivity contribution in [2.75, 3.05) is 0 Å². The van der Waals surface area contributed by atoms with Gasteiger partial charge >= 0.3 is 0 Å². The van der Waals surface area contributed by atoms with Gasteiger partial charge in [-0.15, -0.1) is 0 Å². The molecule has 1 aliphatic rings. The van der Waals surface area contributed by atoms with Crippen molar-refractivity contribution in [2.45, 2.75) is 58.2 Å². The number of carbonyl (C=O) groups is 2. The van der Waals surface area contributed by atoms with Crippen LogP contribution in [0, 0.1) is 0 Å². The second kappa shape index (κ2) is 6.24. The predicted molar refractivity (Wildman–Crippen MR) is 80.3 cm³/mol. The first-order valence-electron chi connectivity index (χ1n) is 7.54. The normalized spacial score (nSPS) is 25.9. The number of hydrogen-bond donors (Lipinski definition) is 1. The summed E-state index contributed by atoms with van der Waals surface area (Å²) in [6.07, 6.45) is 5.57. The summed E-state index contributed by atoms with van der Waals surface area (Å²) in [5.74, 6) is -0.0587. The van der Waals surface area contributed by atoms with Crippen LogP contribution in [0.3, 0.4) is 0 Å². The van der Waals surface area contributed by atoms with Gasteiger partial charge in [0.05, 0.1) is 0 Å². The van der Waals surface area contributed by atoms with Crippen LogP contribution in [0.25, 0.3) is 0 Å². The minimum atomic E-state index is -0.794. The van der Waals surface area contributed by atoms with E-state index >= 15 is 0 Å². The summed E-state index contributed by atoms with van der Waals surface area (Å²) in [5.41, 5.74) is 0.146. The van der Waals surface area contributed by atoms with Crippen LogP contribution in [0.1, 0.15) is 45.6 Å². The van der Waals surface area contributed by atoms with E-state index in [0.717, 1.165) is 12.0 Å². The lowest BCUT2D eigenvalue weighted by Crippen LogP contribution is -2.68. The Morgan fingerprint density at radius 3 is 2.71 bits per heavy atom. The highest BCUT2D eigenvalue weighted by molar-refractivity contribution is 5.99. The number of pyridine rings is 1. The van der Waals surface area contributed by atoms with Crippen molar-refractivity contribution in [1.29, 1.82) is 0 Å². The highest BCUT2D eigenvalue weighted by Crippen LogP contribution is 2.28. The van der Waals surface area contributed by atoms with Crippen molar-refractivity contribution >= 4 is 11.8 Å². The van der Waals surface area contributed by atoms with E-state index in [1.807, 2.05) is 32.9 Å². The standard InChI is InChI=1S/C16H23N3O2/c1-4-7-13-14(20)19(11-12-8-6-9-17-10-12)16(3,5-2)15(21)18-13/h6,8-10,13H,4-5,7,11H2,1-3H3,(H,18,21). The number of hydrogen-bond acceptors (Lipinski definition) is 3. The topological polar surface area (TPSA) is 62.3 Å². The van der Waals surface area contributed by atoms with Gasteiger partial charge in [0.25, 0.3) is 0 Å². The van der Waals surface area contributed by atoms with Crippen LogP contribution in [0.15, 0.2) is 24.5 Å². The van der Waals surface area contributed by atoms with E-state index < -0.39 is 11.6 Å². The maximum absolute atomic E-state index is 12.7. The van der Waals surface area contributed by atoms with Crippen LogP contribution < -0.4 is 5.32 Å². The maximum Gasteiger partial charge on any atom is 0.246 e. The van der Waals surface area contributed by atoms with Crippen molar-refractivity contribution in [3.05, 3.63) is 30.1 Å². The zero-order valence-corrected chi connectivity index (χ0v) is 12.9. The molecule has 2 heterocycles. The summed E-state index contributed by atoms with van der Waals surface area (Å²) in [4.78, 5) is 31.0. The number of amides is 2. The van der Waals surface area contributed by atoms with Crippen molar-refractivity contribution in [3.8, 4) is 0 Å². The Balaban J connectivity index is 2.30. The van der Waals surface area contributed by atoms with Gasteiger partial charge in [0.2, 0.25) is 11.8 Å². The van der Waals surface area contributed by atoms with Gasteiger partial charge < -0.3 is 10.2 Å². The van der Waals surface area contributed by atoms with Crippen molar-refractivity contribution in [2.24, 2.45) is 0 Å². The number of aromatic nitrogens is 1. The third-order valence-corrected chi connectivity index (χ3v) is 4.28. The summed E-state index contributed by atoms with van der Waals surface area (Å²) >= 11 is 0. The van der Waals surface area contributed by atoms with Crippen LogP contribution >= 0.6 is 0 Å². The molecule has 0 bridgehead atoms. The van der Waals surface area contributed by atoms with Crippen molar-refractivity contribution < 1.29 is 9.59 Å². The van der Waals surface area contributed by atoms with Crippen LogP contribution in [0.2, 0.25) is 0 Å². The highest BCUT2D eigenvalue weighted by Gasteiger charge is 2.47. The van der Waals surface area contributed by atoms with Gasteiger partial charge in [0.15, 0.2) is 0 Å². The predicted octanol–water partition coefficient (Wildman–Crippen LogP) is 1.88. The molecule has 1 N–H and O–H groups in total. The molecule has 0 aliphatic carbocycles. The van der Waals surface area contributed by atoms with Gasteiger partial charge in [-0.3, -0.25) is 14.6 Å². The SMILES string of the molecule is CCCC1NC(=O)C(C)(CC)N(Cc2cccnc2)C1=O. The van der Waals surface area contributed by atoms with Crippen molar-refractivity contribution in [3.63, 3.8) is 0 Å². The molecule has 1 aromatic rings. The Hall–Kier alpha value is -1.91. The van der Waals surface area contributed by atoms with E-state index in [1.54, 1.807) is 17.3 Å². The zero-order chi connectivity index (χ0) is 15.5. The van der Waals surface area contributed by atoms with E-state index in [2.05, 4.69) is 10.3 Å². The lowest BCUT2D eigenvalue weighted by Gasteiger charge is -2.46. The molecule has 114 valence electrons. The monoisotopic (exact) mass is 289 g/mol. The van der Waals surface area contributed by atoms with E-state index in [0.29, 0.717) is 19.4 Å². The molecule has 21 heavy (non-hydrogen) atoms. The summed E-state index contributed by atoms with van der Waals surface area (Å²) < 4.78 is 0. The quantitative estimate of drug-likeness (QED) is 0.900. The molecule has 1 saturated heterocycles.